The molecule has 0 radical (unpaired) electrons. The predicted molar refractivity (Wildman–Crippen MR) is 73.1 cm³/mol. The molecule has 0 saturated heterocycles. The van der Waals surface area contributed by atoms with E-state index in [1.807, 2.05) is 13.8 Å². The minimum atomic E-state index is -3.37. The van der Waals surface area contributed by atoms with Crippen molar-refractivity contribution in [3.63, 3.8) is 0 Å². The van der Waals surface area contributed by atoms with Crippen LogP contribution in [0.15, 0.2) is 14.1 Å². The van der Waals surface area contributed by atoms with Crippen LogP contribution < -0.4 is 4.72 Å². The van der Waals surface area contributed by atoms with Gasteiger partial charge < -0.3 is 4.74 Å². The van der Waals surface area contributed by atoms with Crippen LogP contribution in [0.1, 0.15) is 18.9 Å². The van der Waals surface area contributed by atoms with Crippen LogP contribution in [0.3, 0.4) is 0 Å². The molecule has 0 aromatic carbocycles. The summed E-state index contributed by atoms with van der Waals surface area (Å²) in [6, 6.07) is 1.67. The summed E-state index contributed by atoms with van der Waals surface area (Å²) >= 11 is 4.54. The second-order valence-corrected chi connectivity index (χ2v) is 7.83. The maximum absolute atomic E-state index is 11.9. The van der Waals surface area contributed by atoms with E-state index in [0.717, 1.165) is 9.35 Å². The Bertz CT molecular complexity index is 437. The fourth-order valence-corrected chi connectivity index (χ4v) is 4.50. The largest absolute Gasteiger partial charge is 0.382 e. The first-order valence-corrected chi connectivity index (χ1v) is 8.40. The normalized spacial score (nSPS) is 11.9. The lowest BCUT2D eigenvalue weighted by Gasteiger charge is -2.04. The molecule has 0 atom stereocenters. The monoisotopic (exact) mass is 341 g/mol. The van der Waals surface area contributed by atoms with Gasteiger partial charge in [0.25, 0.3) is 0 Å². The summed E-state index contributed by atoms with van der Waals surface area (Å²) in [5.41, 5.74) is 0.935. The Hall–Kier alpha value is 0.0500. The molecule has 0 bridgehead atoms. The minimum absolute atomic E-state index is 0.346. The van der Waals surface area contributed by atoms with Crippen molar-refractivity contribution in [1.29, 1.82) is 0 Å². The molecule has 0 aliphatic rings. The molecular formula is C10H16BrNO3S2. The number of sulfonamides is 1. The SMILES string of the molecule is CCOCCCNS(=O)(=O)c1cc(C)c(Br)s1. The first-order chi connectivity index (χ1) is 7.97. The standard InChI is InChI=1S/C10H16BrNO3S2/c1-3-15-6-4-5-12-17(13,14)9-7-8(2)10(11)16-9/h7,12H,3-6H2,1-2H3. The van der Waals surface area contributed by atoms with Crippen molar-refractivity contribution in [2.24, 2.45) is 0 Å². The van der Waals surface area contributed by atoms with Crippen LogP contribution in [0.2, 0.25) is 0 Å². The zero-order chi connectivity index (χ0) is 12.9. The summed E-state index contributed by atoms with van der Waals surface area (Å²) in [5.74, 6) is 0. The second-order valence-electron chi connectivity index (χ2n) is 3.47. The molecule has 0 amide bonds. The van der Waals surface area contributed by atoms with Gasteiger partial charge in [0.2, 0.25) is 10.0 Å². The number of hydrogen-bond donors (Lipinski definition) is 1. The van der Waals surface area contributed by atoms with Crippen LogP contribution in [0.25, 0.3) is 0 Å². The molecule has 17 heavy (non-hydrogen) atoms. The zero-order valence-electron chi connectivity index (χ0n) is 9.82. The first-order valence-electron chi connectivity index (χ1n) is 5.30. The van der Waals surface area contributed by atoms with E-state index in [1.54, 1.807) is 6.07 Å². The fraction of sp³-hybridized carbons (Fsp3) is 0.600. The Labute approximate surface area is 115 Å². The van der Waals surface area contributed by atoms with Crippen molar-refractivity contribution in [3.8, 4) is 0 Å². The molecule has 1 aromatic rings. The van der Waals surface area contributed by atoms with Gasteiger partial charge >= 0.3 is 0 Å². The minimum Gasteiger partial charge on any atom is -0.382 e. The number of ether oxygens (including phenoxy) is 1. The van der Waals surface area contributed by atoms with Gasteiger partial charge in [0.05, 0.1) is 3.79 Å². The Morgan fingerprint density at radius 2 is 2.24 bits per heavy atom. The van der Waals surface area contributed by atoms with E-state index < -0.39 is 10.0 Å². The number of aryl methyl sites for hydroxylation is 1. The molecule has 1 rings (SSSR count). The highest BCUT2D eigenvalue weighted by molar-refractivity contribution is 9.11. The third-order valence-corrected chi connectivity index (χ3v) is 6.13. The van der Waals surface area contributed by atoms with Crippen LogP contribution in [-0.2, 0) is 14.8 Å². The van der Waals surface area contributed by atoms with Gasteiger partial charge in [-0.05, 0) is 47.8 Å². The highest BCUT2D eigenvalue weighted by Gasteiger charge is 2.17. The first kappa shape index (κ1) is 15.1. The highest BCUT2D eigenvalue weighted by Crippen LogP contribution is 2.30. The molecule has 98 valence electrons. The third-order valence-electron chi connectivity index (χ3n) is 2.06. The summed E-state index contributed by atoms with van der Waals surface area (Å²) in [4.78, 5) is 0. The maximum Gasteiger partial charge on any atom is 0.250 e. The van der Waals surface area contributed by atoms with Crippen LogP contribution >= 0.6 is 27.3 Å². The average Bonchev–Trinajstić information content (AvgIpc) is 2.60. The second kappa shape index (κ2) is 6.84. The Balaban J connectivity index is 2.51. The van der Waals surface area contributed by atoms with Gasteiger partial charge in [0.15, 0.2) is 0 Å². The van der Waals surface area contributed by atoms with E-state index in [2.05, 4.69) is 20.7 Å². The number of halogens is 1. The van der Waals surface area contributed by atoms with Crippen molar-refractivity contribution >= 4 is 37.3 Å². The van der Waals surface area contributed by atoms with Crippen LogP contribution in [0.5, 0.6) is 0 Å². The molecule has 0 saturated carbocycles. The van der Waals surface area contributed by atoms with E-state index in [0.29, 0.717) is 30.4 Å². The summed E-state index contributed by atoms with van der Waals surface area (Å²) in [7, 11) is -3.37. The topological polar surface area (TPSA) is 55.4 Å². The van der Waals surface area contributed by atoms with Crippen molar-refractivity contribution < 1.29 is 13.2 Å². The molecule has 0 aliphatic carbocycles. The van der Waals surface area contributed by atoms with Crippen molar-refractivity contribution in [2.75, 3.05) is 19.8 Å². The fourth-order valence-electron chi connectivity index (χ4n) is 1.16. The average molecular weight is 342 g/mol. The zero-order valence-corrected chi connectivity index (χ0v) is 13.0. The molecule has 1 heterocycles. The highest BCUT2D eigenvalue weighted by atomic mass is 79.9. The third kappa shape index (κ3) is 4.67. The number of nitrogens with one attached hydrogen (secondary N) is 1. The van der Waals surface area contributed by atoms with Gasteiger partial charge in [0.1, 0.15) is 4.21 Å². The van der Waals surface area contributed by atoms with Crippen molar-refractivity contribution in [1.82, 2.24) is 4.72 Å². The molecule has 4 nitrogen and oxygen atoms in total. The molecule has 0 aliphatic heterocycles. The van der Waals surface area contributed by atoms with Gasteiger partial charge in [-0.2, -0.15) is 0 Å². The van der Waals surface area contributed by atoms with Crippen molar-refractivity contribution in [3.05, 3.63) is 15.4 Å². The smallest absolute Gasteiger partial charge is 0.250 e. The van der Waals surface area contributed by atoms with Crippen LogP contribution in [-0.4, -0.2) is 28.2 Å². The Morgan fingerprint density at radius 3 is 2.76 bits per heavy atom. The van der Waals surface area contributed by atoms with Crippen molar-refractivity contribution in [2.45, 2.75) is 24.5 Å². The van der Waals surface area contributed by atoms with Gasteiger partial charge in [0, 0.05) is 19.8 Å². The molecule has 1 aromatic heterocycles. The summed E-state index contributed by atoms with van der Waals surface area (Å²) in [6.07, 6.45) is 0.679. The van der Waals surface area contributed by atoms with E-state index in [9.17, 15) is 8.42 Å². The van der Waals surface area contributed by atoms with Gasteiger partial charge in [-0.15, -0.1) is 11.3 Å². The Morgan fingerprint density at radius 1 is 1.53 bits per heavy atom. The van der Waals surface area contributed by atoms with E-state index >= 15 is 0 Å². The lowest BCUT2D eigenvalue weighted by Crippen LogP contribution is -2.24. The van der Waals surface area contributed by atoms with Gasteiger partial charge in [-0.1, -0.05) is 0 Å². The quantitative estimate of drug-likeness (QED) is 0.775. The predicted octanol–water partition coefficient (Wildman–Crippen LogP) is 2.52. The summed E-state index contributed by atoms with van der Waals surface area (Å²) < 4.78 is 32.6. The summed E-state index contributed by atoms with van der Waals surface area (Å²) in [5, 5.41) is 0. The maximum atomic E-state index is 11.9. The molecule has 7 heteroatoms. The van der Waals surface area contributed by atoms with Gasteiger partial charge in [-0.3, -0.25) is 0 Å². The van der Waals surface area contributed by atoms with E-state index in [-0.39, 0.29) is 0 Å². The molecule has 1 N–H and O–H groups in total. The van der Waals surface area contributed by atoms with Crippen LogP contribution in [0.4, 0.5) is 0 Å². The number of rotatable bonds is 7. The molecule has 0 fully saturated rings. The van der Waals surface area contributed by atoms with E-state index in [1.165, 1.54) is 11.3 Å². The lowest BCUT2D eigenvalue weighted by atomic mass is 10.4. The number of thiophene rings is 1. The number of hydrogen-bond acceptors (Lipinski definition) is 4. The van der Waals surface area contributed by atoms with Crippen LogP contribution in [0, 0.1) is 6.92 Å². The molecule has 0 unspecified atom stereocenters. The lowest BCUT2D eigenvalue weighted by molar-refractivity contribution is 0.146. The van der Waals surface area contributed by atoms with Gasteiger partial charge in [-0.25, -0.2) is 13.1 Å². The molecular weight excluding hydrogens is 326 g/mol. The Kier molecular flexibility index (Phi) is 6.08. The van der Waals surface area contributed by atoms with E-state index in [4.69, 9.17) is 4.74 Å². The summed E-state index contributed by atoms with van der Waals surface area (Å²) in [6.45, 7) is 5.41. The molecule has 0 spiro atoms.